The van der Waals surface area contributed by atoms with E-state index < -0.39 is 5.97 Å². The molecule has 7 heteroatoms. The number of nitrogens with zero attached hydrogens (tertiary/aromatic N) is 3. The summed E-state index contributed by atoms with van der Waals surface area (Å²) in [6.07, 6.45) is -0.000825. The molecule has 1 unspecified atom stereocenters. The number of benzene rings is 1. The summed E-state index contributed by atoms with van der Waals surface area (Å²) in [6.45, 7) is 7.38. The van der Waals surface area contributed by atoms with Gasteiger partial charge >= 0.3 is 5.97 Å². The molecule has 1 fully saturated rings. The maximum atomic E-state index is 12.5. The Morgan fingerprint density at radius 3 is 2.70 bits per heavy atom. The molecular formula is C20H25N3O4. The van der Waals surface area contributed by atoms with Gasteiger partial charge in [-0.2, -0.15) is 5.10 Å². The highest BCUT2D eigenvalue weighted by atomic mass is 16.5. The maximum absolute atomic E-state index is 12.5. The second-order valence-electron chi connectivity index (χ2n) is 6.79. The second kappa shape index (κ2) is 8.35. The SMILES string of the molecule is Cc1nn(Cc2ccccc2)c(C)c1C(=O)OCC(=O)N1CCOC(C)C1. The molecule has 1 aliphatic rings. The van der Waals surface area contributed by atoms with Crippen molar-refractivity contribution in [1.82, 2.24) is 14.7 Å². The average Bonchev–Trinajstić information content (AvgIpc) is 2.93. The number of morpholine rings is 1. The van der Waals surface area contributed by atoms with E-state index in [1.807, 2.05) is 44.2 Å². The van der Waals surface area contributed by atoms with Gasteiger partial charge < -0.3 is 14.4 Å². The van der Waals surface area contributed by atoms with Gasteiger partial charge in [0.15, 0.2) is 6.61 Å². The number of rotatable bonds is 5. The first-order valence-electron chi connectivity index (χ1n) is 9.10. The average molecular weight is 371 g/mol. The first-order chi connectivity index (χ1) is 13.0. The van der Waals surface area contributed by atoms with Crippen molar-refractivity contribution in [2.75, 3.05) is 26.3 Å². The second-order valence-corrected chi connectivity index (χ2v) is 6.79. The first-order valence-corrected chi connectivity index (χ1v) is 9.10. The number of aryl methyl sites for hydroxylation is 1. The number of carbonyl (C=O) groups is 2. The Balaban J connectivity index is 1.63. The van der Waals surface area contributed by atoms with Gasteiger partial charge in [0.2, 0.25) is 0 Å². The summed E-state index contributed by atoms with van der Waals surface area (Å²) < 4.78 is 12.5. The van der Waals surface area contributed by atoms with Crippen molar-refractivity contribution in [1.29, 1.82) is 0 Å². The van der Waals surface area contributed by atoms with E-state index in [2.05, 4.69) is 5.10 Å². The Kier molecular flexibility index (Phi) is 5.91. The molecule has 1 aromatic heterocycles. The van der Waals surface area contributed by atoms with Crippen molar-refractivity contribution in [3.05, 3.63) is 52.8 Å². The highest BCUT2D eigenvalue weighted by Crippen LogP contribution is 2.16. The Hall–Kier alpha value is -2.67. The summed E-state index contributed by atoms with van der Waals surface area (Å²) in [5.74, 6) is -0.718. The van der Waals surface area contributed by atoms with Gasteiger partial charge in [0.1, 0.15) is 5.56 Å². The molecule has 1 amide bonds. The van der Waals surface area contributed by atoms with Crippen LogP contribution in [0.5, 0.6) is 0 Å². The third-order valence-corrected chi connectivity index (χ3v) is 4.68. The number of amides is 1. The molecule has 27 heavy (non-hydrogen) atoms. The molecule has 1 aromatic carbocycles. The van der Waals surface area contributed by atoms with Crippen LogP contribution in [-0.4, -0.2) is 59.0 Å². The summed E-state index contributed by atoms with van der Waals surface area (Å²) in [6, 6.07) is 9.91. The van der Waals surface area contributed by atoms with Gasteiger partial charge in [-0.25, -0.2) is 4.79 Å². The molecule has 7 nitrogen and oxygen atoms in total. The largest absolute Gasteiger partial charge is 0.452 e. The zero-order valence-corrected chi connectivity index (χ0v) is 16.0. The minimum absolute atomic E-state index is 0.000825. The molecule has 0 aliphatic carbocycles. The van der Waals surface area contributed by atoms with Gasteiger partial charge in [-0.05, 0) is 26.3 Å². The van der Waals surface area contributed by atoms with Gasteiger partial charge in [-0.3, -0.25) is 9.48 Å². The van der Waals surface area contributed by atoms with Crippen molar-refractivity contribution in [3.63, 3.8) is 0 Å². The standard InChI is InChI=1S/C20H25N3O4/c1-14-11-22(9-10-26-14)18(24)13-27-20(25)19-15(2)21-23(16(19)3)12-17-7-5-4-6-8-17/h4-8,14H,9-13H2,1-3H3. The molecule has 1 atom stereocenters. The lowest BCUT2D eigenvalue weighted by atomic mass is 10.2. The lowest BCUT2D eigenvalue weighted by Gasteiger charge is -2.30. The summed E-state index contributed by atoms with van der Waals surface area (Å²) in [5.41, 5.74) is 2.85. The minimum Gasteiger partial charge on any atom is -0.452 e. The van der Waals surface area contributed by atoms with Gasteiger partial charge in [0.05, 0.1) is 30.6 Å². The number of aromatic nitrogens is 2. The molecule has 1 saturated heterocycles. The van der Waals surface area contributed by atoms with Crippen LogP contribution < -0.4 is 0 Å². The molecule has 2 aromatic rings. The zero-order valence-electron chi connectivity index (χ0n) is 16.0. The summed E-state index contributed by atoms with van der Waals surface area (Å²) in [7, 11) is 0. The summed E-state index contributed by atoms with van der Waals surface area (Å²) in [4.78, 5) is 26.5. The van der Waals surface area contributed by atoms with Crippen LogP contribution in [0.15, 0.2) is 30.3 Å². The van der Waals surface area contributed by atoms with Gasteiger partial charge in [0, 0.05) is 13.1 Å². The van der Waals surface area contributed by atoms with Gasteiger partial charge in [-0.15, -0.1) is 0 Å². The Labute approximate surface area is 158 Å². The van der Waals surface area contributed by atoms with E-state index in [4.69, 9.17) is 9.47 Å². The van der Waals surface area contributed by atoms with Crippen LogP contribution >= 0.6 is 0 Å². The molecule has 0 bridgehead atoms. The number of hydrogen-bond donors (Lipinski definition) is 0. The van der Waals surface area contributed by atoms with Crippen LogP contribution in [0.1, 0.15) is 34.2 Å². The Bertz CT molecular complexity index is 816. The molecule has 0 saturated carbocycles. The van der Waals surface area contributed by atoms with E-state index in [1.165, 1.54) is 0 Å². The molecule has 1 aliphatic heterocycles. The normalized spacial score (nSPS) is 17.0. The quantitative estimate of drug-likeness (QED) is 0.751. The van der Waals surface area contributed by atoms with E-state index in [1.54, 1.807) is 16.5 Å². The number of esters is 1. The van der Waals surface area contributed by atoms with E-state index in [0.29, 0.717) is 37.5 Å². The topological polar surface area (TPSA) is 73.7 Å². The van der Waals surface area contributed by atoms with Crippen LogP contribution in [0.2, 0.25) is 0 Å². The van der Waals surface area contributed by atoms with Gasteiger partial charge in [0.25, 0.3) is 5.91 Å². The predicted molar refractivity (Wildman–Crippen MR) is 99.5 cm³/mol. The molecule has 0 spiro atoms. The maximum Gasteiger partial charge on any atom is 0.342 e. The lowest BCUT2D eigenvalue weighted by molar-refractivity contribution is -0.141. The smallest absolute Gasteiger partial charge is 0.342 e. The lowest BCUT2D eigenvalue weighted by Crippen LogP contribution is -2.46. The van der Waals surface area contributed by atoms with Crippen molar-refractivity contribution in [3.8, 4) is 0 Å². The Morgan fingerprint density at radius 2 is 2.00 bits per heavy atom. The third kappa shape index (κ3) is 4.54. The van der Waals surface area contributed by atoms with Crippen molar-refractivity contribution in [2.45, 2.75) is 33.4 Å². The van der Waals surface area contributed by atoms with Crippen molar-refractivity contribution < 1.29 is 19.1 Å². The fourth-order valence-corrected chi connectivity index (χ4v) is 3.24. The fourth-order valence-electron chi connectivity index (χ4n) is 3.24. The van der Waals surface area contributed by atoms with Crippen LogP contribution in [0.4, 0.5) is 0 Å². The highest BCUT2D eigenvalue weighted by molar-refractivity contribution is 5.93. The molecule has 0 radical (unpaired) electrons. The van der Waals surface area contributed by atoms with Crippen LogP contribution in [-0.2, 0) is 20.8 Å². The van der Waals surface area contributed by atoms with E-state index in [0.717, 1.165) is 11.3 Å². The van der Waals surface area contributed by atoms with Crippen LogP contribution in [0, 0.1) is 13.8 Å². The number of ether oxygens (including phenoxy) is 2. The van der Waals surface area contributed by atoms with E-state index in [9.17, 15) is 9.59 Å². The third-order valence-electron chi connectivity index (χ3n) is 4.68. The molecule has 0 N–H and O–H groups in total. The minimum atomic E-state index is -0.515. The van der Waals surface area contributed by atoms with Crippen molar-refractivity contribution >= 4 is 11.9 Å². The van der Waals surface area contributed by atoms with Gasteiger partial charge in [-0.1, -0.05) is 30.3 Å². The predicted octanol–water partition coefficient (Wildman–Crippen LogP) is 1.95. The molecule has 144 valence electrons. The Morgan fingerprint density at radius 1 is 1.26 bits per heavy atom. The fraction of sp³-hybridized carbons (Fsp3) is 0.450. The molecule has 3 rings (SSSR count). The summed E-state index contributed by atoms with van der Waals surface area (Å²) in [5, 5.41) is 4.46. The van der Waals surface area contributed by atoms with Crippen LogP contribution in [0.3, 0.4) is 0 Å². The highest BCUT2D eigenvalue weighted by Gasteiger charge is 2.24. The van der Waals surface area contributed by atoms with Crippen molar-refractivity contribution in [2.24, 2.45) is 0 Å². The number of hydrogen-bond acceptors (Lipinski definition) is 5. The molecular weight excluding hydrogens is 346 g/mol. The van der Waals surface area contributed by atoms with E-state index >= 15 is 0 Å². The summed E-state index contributed by atoms with van der Waals surface area (Å²) >= 11 is 0. The monoisotopic (exact) mass is 371 g/mol. The first kappa shape index (κ1) is 19.1. The van der Waals surface area contributed by atoms with Crippen LogP contribution in [0.25, 0.3) is 0 Å². The molecule has 2 heterocycles. The number of carbonyl (C=O) groups excluding carboxylic acids is 2. The zero-order chi connectivity index (χ0) is 19.4. The van der Waals surface area contributed by atoms with E-state index in [-0.39, 0.29) is 18.6 Å².